The van der Waals surface area contributed by atoms with Crippen LogP contribution in [0, 0.1) is 0 Å². The van der Waals surface area contributed by atoms with Crippen LogP contribution in [-0.4, -0.2) is 39.6 Å². The summed E-state index contributed by atoms with van der Waals surface area (Å²) >= 11 is 0. The lowest BCUT2D eigenvalue weighted by Gasteiger charge is -2.33. The highest BCUT2D eigenvalue weighted by Gasteiger charge is 2.36. The molecule has 0 spiro atoms. The molecule has 6 nitrogen and oxygen atoms in total. The fourth-order valence-electron chi connectivity index (χ4n) is 12.1. The lowest BCUT2D eigenvalue weighted by atomic mass is 9.72. The molecular weight excluding hydrogens is 961 g/mol. The molecule has 7 aromatic rings. The summed E-state index contributed by atoms with van der Waals surface area (Å²) in [5.41, 5.74) is 20.5. The first kappa shape index (κ1) is 54.7. The SMILES string of the molecule is CCCc1ccc2c(c1)-c1c3c(c4c(c1-c1cc(CCC)ccc1OCCCCO2)-c1cc(CCC)ccc1OCCCCOc1ccc(CCC)cc1-4)-c1cc(CCC)ccc1OCCCCOc1ccc(CCC)cc1-3. The molecule has 6 heteroatoms. The minimum Gasteiger partial charge on any atom is -0.493 e. The summed E-state index contributed by atoms with van der Waals surface area (Å²) in [6.45, 7) is 17.1. The highest BCUT2D eigenvalue weighted by atomic mass is 16.5. The number of benzene rings is 7. The molecule has 7 aromatic carbocycles. The topological polar surface area (TPSA) is 55.4 Å². The highest BCUT2D eigenvalue weighted by Crippen LogP contribution is 2.62. The van der Waals surface area contributed by atoms with E-state index in [4.69, 9.17) is 28.4 Å². The third-order valence-electron chi connectivity index (χ3n) is 15.8. The van der Waals surface area contributed by atoms with Gasteiger partial charge < -0.3 is 28.4 Å². The summed E-state index contributed by atoms with van der Waals surface area (Å²) in [5, 5.41) is 0. The lowest BCUT2D eigenvalue weighted by Crippen LogP contribution is -2.12. The normalized spacial score (nSPS) is 14.4. The van der Waals surface area contributed by atoms with Crippen molar-refractivity contribution in [3.63, 3.8) is 0 Å². The summed E-state index contributed by atoms with van der Waals surface area (Å²) in [4.78, 5) is 0. The van der Waals surface area contributed by atoms with Crippen LogP contribution in [0.25, 0.3) is 66.8 Å². The highest BCUT2D eigenvalue weighted by molar-refractivity contribution is 6.18. The van der Waals surface area contributed by atoms with E-state index in [-0.39, 0.29) is 0 Å². The summed E-state index contributed by atoms with van der Waals surface area (Å²) in [5.74, 6) is 5.24. The standard InChI is InChI=1S/C72H84O6/c1-7-19-49-25-31-61-55(43-49)67-68(56-44-50(20-8-2)26-32-62(56)74-38-14-13-37-73-61)70-59-47-53(23-11-5)29-35-65(59)77-41-17-18-42-78-66-36-30-54(24-12-6)48-60(66)72(70)71-58-46-52(22-10-4)28-34-64(58)76-40-16-15-39-75-63-33-27-51(21-9-3)45-57(63)69(67)71/h25-36,43-48H,7-24,37-42H2,1-6H3. The lowest BCUT2D eigenvalue weighted by molar-refractivity contribution is 0.266. The van der Waals surface area contributed by atoms with Gasteiger partial charge in [-0.05, 0) is 183 Å². The number of hydrogen-bond donors (Lipinski definition) is 0. The second-order valence-corrected chi connectivity index (χ2v) is 21.9. The Kier molecular flexibility index (Phi) is 18.5. The van der Waals surface area contributed by atoms with Crippen LogP contribution in [0.15, 0.2) is 109 Å². The van der Waals surface area contributed by atoms with Gasteiger partial charge in [0.2, 0.25) is 0 Å². The van der Waals surface area contributed by atoms with Crippen molar-refractivity contribution in [2.24, 2.45) is 0 Å². The van der Waals surface area contributed by atoms with Crippen LogP contribution in [0.4, 0.5) is 0 Å². The summed E-state index contributed by atoms with van der Waals surface area (Å²) < 4.78 is 43.3. The van der Waals surface area contributed by atoms with Crippen LogP contribution in [0.2, 0.25) is 0 Å². The molecule has 0 bridgehead atoms. The van der Waals surface area contributed by atoms with Crippen LogP contribution in [0.3, 0.4) is 0 Å². The molecule has 3 heterocycles. The van der Waals surface area contributed by atoms with E-state index in [9.17, 15) is 0 Å². The molecule has 0 N–H and O–H groups in total. The summed E-state index contributed by atoms with van der Waals surface area (Å²) in [6, 6.07) is 42.1. The molecule has 0 fully saturated rings. The largest absolute Gasteiger partial charge is 0.493 e. The average Bonchev–Trinajstić information content (AvgIpc) is 3.21. The second kappa shape index (κ2) is 26.3. The van der Waals surface area contributed by atoms with E-state index in [1.807, 2.05) is 0 Å². The van der Waals surface area contributed by atoms with Gasteiger partial charge >= 0.3 is 0 Å². The van der Waals surface area contributed by atoms with Crippen molar-refractivity contribution in [2.75, 3.05) is 39.6 Å². The number of ether oxygens (including phenoxy) is 6. The molecule has 78 heavy (non-hydrogen) atoms. The van der Waals surface area contributed by atoms with Gasteiger partial charge in [0.25, 0.3) is 0 Å². The molecule has 10 rings (SSSR count). The molecule has 0 atom stereocenters. The first-order valence-corrected chi connectivity index (χ1v) is 30.2. The summed E-state index contributed by atoms with van der Waals surface area (Å²) in [7, 11) is 0. The molecular formula is C72H84O6. The van der Waals surface area contributed by atoms with E-state index in [2.05, 4.69) is 151 Å². The molecule has 0 radical (unpaired) electrons. The van der Waals surface area contributed by atoms with E-state index in [1.165, 1.54) is 33.4 Å². The van der Waals surface area contributed by atoms with E-state index in [0.717, 1.165) is 217 Å². The van der Waals surface area contributed by atoms with Crippen molar-refractivity contribution in [3.05, 3.63) is 143 Å². The van der Waals surface area contributed by atoms with Crippen LogP contribution >= 0.6 is 0 Å². The Bertz CT molecular complexity index is 2610. The number of rotatable bonds is 12. The van der Waals surface area contributed by atoms with Gasteiger partial charge in [-0.15, -0.1) is 0 Å². The zero-order valence-electron chi connectivity index (χ0n) is 47.8. The van der Waals surface area contributed by atoms with E-state index >= 15 is 0 Å². The van der Waals surface area contributed by atoms with Crippen LogP contribution in [-0.2, 0) is 38.5 Å². The number of fused-ring (bicyclic) bond motifs is 18. The summed E-state index contributed by atoms with van der Waals surface area (Å²) in [6.07, 6.45) is 16.8. The number of aryl methyl sites for hydroxylation is 6. The first-order chi connectivity index (χ1) is 38.4. The van der Waals surface area contributed by atoms with Crippen LogP contribution in [0.1, 0.15) is 152 Å². The van der Waals surface area contributed by atoms with Gasteiger partial charge in [0.1, 0.15) is 34.5 Å². The zero-order valence-corrected chi connectivity index (χ0v) is 47.8. The molecule has 0 aliphatic carbocycles. The monoisotopic (exact) mass is 1040 g/mol. The van der Waals surface area contributed by atoms with Gasteiger partial charge in [0, 0.05) is 66.8 Å². The molecule has 0 unspecified atom stereocenters. The maximum Gasteiger partial charge on any atom is 0.127 e. The van der Waals surface area contributed by atoms with Crippen molar-refractivity contribution >= 4 is 0 Å². The average molecular weight is 1050 g/mol. The van der Waals surface area contributed by atoms with Gasteiger partial charge in [-0.1, -0.05) is 116 Å². The Morgan fingerprint density at radius 1 is 0.231 bits per heavy atom. The van der Waals surface area contributed by atoms with Gasteiger partial charge in [0.15, 0.2) is 0 Å². The smallest absolute Gasteiger partial charge is 0.127 e. The number of hydrogen-bond acceptors (Lipinski definition) is 6. The Morgan fingerprint density at radius 2 is 0.385 bits per heavy atom. The first-order valence-electron chi connectivity index (χ1n) is 30.2. The predicted octanol–water partition coefficient (Wildman–Crippen LogP) is 19.1. The minimum absolute atomic E-state index is 0.563. The second-order valence-electron chi connectivity index (χ2n) is 21.9. The zero-order chi connectivity index (χ0) is 53.8. The van der Waals surface area contributed by atoms with Gasteiger partial charge in [-0.2, -0.15) is 0 Å². The van der Waals surface area contributed by atoms with Crippen molar-refractivity contribution < 1.29 is 28.4 Å². The van der Waals surface area contributed by atoms with Crippen LogP contribution in [0.5, 0.6) is 34.5 Å². The molecule has 0 saturated carbocycles. The minimum atomic E-state index is 0.563. The Balaban J connectivity index is 1.61. The predicted molar refractivity (Wildman–Crippen MR) is 324 cm³/mol. The fraction of sp³-hybridized carbons (Fsp3) is 0.417. The Morgan fingerprint density at radius 3 is 0.526 bits per heavy atom. The Labute approximate surface area is 466 Å². The van der Waals surface area contributed by atoms with E-state index in [0.29, 0.717) is 39.6 Å². The van der Waals surface area contributed by atoms with Crippen molar-refractivity contribution in [1.29, 1.82) is 0 Å². The quantitative estimate of drug-likeness (QED) is 0.122. The fourth-order valence-corrected chi connectivity index (χ4v) is 12.1. The third-order valence-corrected chi connectivity index (χ3v) is 15.8. The van der Waals surface area contributed by atoms with Crippen molar-refractivity contribution in [2.45, 2.75) is 157 Å². The van der Waals surface area contributed by atoms with Gasteiger partial charge in [-0.25, -0.2) is 0 Å². The molecule has 0 aromatic heterocycles. The van der Waals surface area contributed by atoms with E-state index in [1.54, 1.807) is 0 Å². The van der Waals surface area contributed by atoms with Gasteiger partial charge in [-0.3, -0.25) is 0 Å². The maximum absolute atomic E-state index is 7.22. The van der Waals surface area contributed by atoms with Crippen molar-refractivity contribution in [1.82, 2.24) is 0 Å². The molecule has 3 aliphatic heterocycles. The Hall–Kier alpha value is -6.66. The maximum atomic E-state index is 7.22. The third kappa shape index (κ3) is 12.0. The molecule has 3 aliphatic rings. The molecule has 0 amide bonds. The van der Waals surface area contributed by atoms with Crippen molar-refractivity contribution in [3.8, 4) is 101 Å². The molecule has 408 valence electrons. The molecule has 0 saturated heterocycles. The van der Waals surface area contributed by atoms with E-state index < -0.39 is 0 Å². The van der Waals surface area contributed by atoms with Gasteiger partial charge in [0.05, 0.1) is 39.6 Å². The van der Waals surface area contributed by atoms with Crippen LogP contribution < -0.4 is 28.4 Å².